The molecule has 0 fully saturated rings. The van der Waals surface area contributed by atoms with Crippen LogP contribution in [0.4, 0.5) is 11.6 Å². The zero-order chi connectivity index (χ0) is 20.7. The van der Waals surface area contributed by atoms with Crippen LogP contribution in [0.15, 0.2) is 54.9 Å². The molecule has 2 aromatic heterocycles. The number of nitrogens with one attached hydrogen (secondary N) is 1. The summed E-state index contributed by atoms with van der Waals surface area (Å²) in [5.74, 6) is 2.11. The van der Waals surface area contributed by atoms with Crippen molar-refractivity contribution in [1.82, 2.24) is 24.7 Å². The number of halogens is 1. The van der Waals surface area contributed by atoms with Crippen LogP contribution in [0.3, 0.4) is 0 Å². The maximum Gasteiger partial charge on any atom is 0.219 e. The molecule has 1 unspecified atom stereocenters. The van der Waals surface area contributed by atoms with Crippen molar-refractivity contribution < 1.29 is 0 Å². The van der Waals surface area contributed by atoms with Crippen molar-refractivity contribution in [3.05, 3.63) is 77.1 Å². The van der Waals surface area contributed by atoms with E-state index in [0.29, 0.717) is 5.02 Å². The zero-order valence-corrected chi connectivity index (χ0v) is 17.1. The Morgan fingerprint density at radius 3 is 2.57 bits per heavy atom. The molecule has 8 heteroatoms. The highest BCUT2D eigenvalue weighted by Gasteiger charge is 2.25. The summed E-state index contributed by atoms with van der Waals surface area (Å²) in [6.45, 7) is 1.98. The second-order valence-corrected chi connectivity index (χ2v) is 7.78. The summed E-state index contributed by atoms with van der Waals surface area (Å²) in [6.07, 6.45) is 5.20. The van der Waals surface area contributed by atoms with E-state index in [4.69, 9.17) is 17.3 Å². The minimum Gasteiger partial charge on any atom is -0.378 e. The van der Waals surface area contributed by atoms with Gasteiger partial charge in [-0.3, -0.25) is 4.57 Å². The van der Waals surface area contributed by atoms with Crippen LogP contribution in [0.5, 0.6) is 0 Å². The molecule has 4 aromatic rings. The molecular weight excluding hydrogens is 398 g/mol. The predicted molar refractivity (Wildman–Crippen MR) is 118 cm³/mol. The summed E-state index contributed by atoms with van der Waals surface area (Å²) < 4.78 is 2.14. The Balaban J connectivity index is 1.62. The number of hydrogen-bond acceptors (Lipinski definition) is 6. The van der Waals surface area contributed by atoms with Gasteiger partial charge in [0, 0.05) is 35.1 Å². The largest absolute Gasteiger partial charge is 0.378 e. The van der Waals surface area contributed by atoms with E-state index in [2.05, 4.69) is 48.2 Å². The Hall–Kier alpha value is -3.45. The first-order valence-corrected chi connectivity index (χ1v) is 10.1. The number of nitrogens with two attached hydrogens (primary N) is 1. The van der Waals surface area contributed by atoms with Crippen molar-refractivity contribution >= 4 is 23.2 Å². The average Bonchev–Trinajstić information content (AvgIpc) is 3.05. The zero-order valence-electron chi connectivity index (χ0n) is 16.4. The molecule has 3 heterocycles. The van der Waals surface area contributed by atoms with Crippen LogP contribution in [-0.2, 0) is 6.42 Å². The van der Waals surface area contributed by atoms with Gasteiger partial charge in [-0.25, -0.2) is 9.97 Å². The number of aryl methyl sites for hydroxylation is 2. The van der Waals surface area contributed by atoms with Gasteiger partial charge in [0.05, 0.1) is 11.7 Å². The Morgan fingerprint density at radius 2 is 1.80 bits per heavy atom. The van der Waals surface area contributed by atoms with E-state index in [-0.39, 0.29) is 12.0 Å². The molecule has 2 aromatic carbocycles. The third-order valence-electron chi connectivity index (χ3n) is 5.38. The maximum absolute atomic E-state index is 6.06. The summed E-state index contributed by atoms with van der Waals surface area (Å²) in [5, 5.41) is 13.1. The number of hydrogen-bond donors (Lipinski definition) is 2. The summed E-state index contributed by atoms with van der Waals surface area (Å²) in [4.78, 5) is 8.27. The van der Waals surface area contributed by atoms with Crippen LogP contribution in [-0.4, -0.2) is 24.7 Å². The molecule has 1 aliphatic heterocycles. The Kier molecular flexibility index (Phi) is 4.59. The van der Waals surface area contributed by atoms with E-state index in [9.17, 15) is 0 Å². The SMILES string of the molecule is Cc1nnc2n1-c1ccc(-c3cnc(N)nc3)cc1C(Nc1ccc(Cl)cc1)CC2. The quantitative estimate of drug-likeness (QED) is 0.514. The Bertz CT molecular complexity index is 1200. The van der Waals surface area contributed by atoms with Gasteiger partial charge < -0.3 is 11.1 Å². The van der Waals surface area contributed by atoms with Gasteiger partial charge in [-0.2, -0.15) is 0 Å². The summed E-state index contributed by atoms with van der Waals surface area (Å²) in [6, 6.07) is 14.2. The first kappa shape index (κ1) is 18.6. The number of rotatable bonds is 3. The number of fused-ring (bicyclic) bond motifs is 3. The lowest BCUT2D eigenvalue weighted by Gasteiger charge is -2.22. The first-order valence-electron chi connectivity index (χ1n) is 9.74. The summed E-state index contributed by atoms with van der Waals surface area (Å²) in [5.41, 5.74) is 10.9. The van der Waals surface area contributed by atoms with Gasteiger partial charge in [-0.15, -0.1) is 10.2 Å². The third kappa shape index (κ3) is 3.37. The number of aromatic nitrogens is 5. The van der Waals surface area contributed by atoms with Crippen molar-refractivity contribution in [2.75, 3.05) is 11.1 Å². The summed E-state index contributed by atoms with van der Waals surface area (Å²) in [7, 11) is 0. The molecule has 3 N–H and O–H groups in total. The third-order valence-corrected chi connectivity index (χ3v) is 5.63. The van der Waals surface area contributed by atoms with Crippen molar-refractivity contribution in [3.8, 4) is 16.8 Å². The normalized spacial score (nSPS) is 15.2. The fraction of sp³-hybridized carbons (Fsp3) is 0.182. The van der Waals surface area contributed by atoms with Gasteiger partial charge in [0.25, 0.3) is 0 Å². The van der Waals surface area contributed by atoms with Crippen molar-refractivity contribution in [2.24, 2.45) is 0 Å². The van der Waals surface area contributed by atoms with Crippen LogP contribution >= 0.6 is 11.6 Å². The highest BCUT2D eigenvalue weighted by molar-refractivity contribution is 6.30. The topological polar surface area (TPSA) is 94.5 Å². The Morgan fingerprint density at radius 1 is 1.03 bits per heavy atom. The minimum absolute atomic E-state index is 0.0944. The minimum atomic E-state index is 0.0944. The number of anilines is 2. The molecule has 30 heavy (non-hydrogen) atoms. The predicted octanol–water partition coefficient (Wildman–Crippen LogP) is 4.37. The van der Waals surface area contributed by atoms with Gasteiger partial charge in [0.2, 0.25) is 5.95 Å². The van der Waals surface area contributed by atoms with Crippen LogP contribution in [0.1, 0.15) is 29.7 Å². The molecule has 0 amide bonds. The van der Waals surface area contributed by atoms with E-state index >= 15 is 0 Å². The molecule has 150 valence electrons. The summed E-state index contributed by atoms with van der Waals surface area (Å²) >= 11 is 6.06. The fourth-order valence-electron chi connectivity index (χ4n) is 3.91. The Labute approximate surface area is 179 Å². The highest BCUT2D eigenvalue weighted by Crippen LogP contribution is 2.36. The number of benzene rings is 2. The van der Waals surface area contributed by atoms with Crippen LogP contribution in [0.2, 0.25) is 5.02 Å². The van der Waals surface area contributed by atoms with Crippen LogP contribution < -0.4 is 11.1 Å². The maximum atomic E-state index is 6.06. The van der Waals surface area contributed by atoms with Crippen molar-refractivity contribution in [3.63, 3.8) is 0 Å². The van der Waals surface area contributed by atoms with E-state index < -0.39 is 0 Å². The van der Waals surface area contributed by atoms with Crippen LogP contribution in [0, 0.1) is 6.92 Å². The molecule has 5 rings (SSSR count). The van der Waals surface area contributed by atoms with Crippen molar-refractivity contribution in [1.29, 1.82) is 0 Å². The fourth-order valence-corrected chi connectivity index (χ4v) is 4.04. The lowest BCUT2D eigenvalue weighted by atomic mass is 9.96. The molecule has 0 aliphatic carbocycles. The van der Waals surface area contributed by atoms with Gasteiger partial charge in [0.1, 0.15) is 11.6 Å². The van der Waals surface area contributed by atoms with E-state index in [1.54, 1.807) is 12.4 Å². The van der Waals surface area contributed by atoms with E-state index in [0.717, 1.165) is 47.0 Å². The molecule has 0 spiro atoms. The molecule has 1 atom stereocenters. The monoisotopic (exact) mass is 417 g/mol. The molecule has 0 radical (unpaired) electrons. The first-order chi connectivity index (χ1) is 14.6. The molecule has 7 nitrogen and oxygen atoms in total. The average molecular weight is 418 g/mol. The van der Waals surface area contributed by atoms with E-state index in [1.165, 1.54) is 5.56 Å². The molecular formula is C22H20ClN7. The number of nitrogen functional groups attached to an aromatic ring is 1. The standard InChI is InChI=1S/C22H20ClN7/c1-13-28-29-21-9-7-19(27-17-5-3-16(23)4-6-17)18-10-14(2-8-20(18)30(13)21)15-11-25-22(24)26-12-15/h2-6,8,10-12,19,27H,7,9H2,1H3,(H2,24,25,26). The molecule has 0 saturated carbocycles. The van der Waals surface area contributed by atoms with Crippen molar-refractivity contribution in [2.45, 2.75) is 25.8 Å². The van der Waals surface area contributed by atoms with E-state index in [1.807, 2.05) is 31.2 Å². The molecule has 0 saturated heterocycles. The van der Waals surface area contributed by atoms with Gasteiger partial charge in [-0.1, -0.05) is 17.7 Å². The van der Waals surface area contributed by atoms with Crippen LogP contribution in [0.25, 0.3) is 16.8 Å². The molecule has 1 aliphatic rings. The van der Waals surface area contributed by atoms with Gasteiger partial charge >= 0.3 is 0 Å². The van der Waals surface area contributed by atoms with Gasteiger partial charge in [-0.05, 0) is 60.9 Å². The lowest BCUT2D eigenvalue weighted by Crippen LogP contribution is -2.12. The smallest absolute Gasteiger partial charge is 0.219 e. The second-order valence-electron chi connectivity index (χ2n) is 7.34. The van der Waals surface area contributed by atoms with Gasteiger partial charge in [0.15, 0.2) is 0 Å². The highest BCUT2D eigenvalue weighted by atomic mass is 35.5. The second kappa shape index (κ2) is 7.42. The lowest BCUT2D eigenvalue weighted by molar-refractivity contribution is 0.686. The molecule has 0 bridgehead atoms. The number of nitrogens with zero attached hydrogens (tertiary/aromatic N) is 5.